The maximum Gasteiger partial charge on any atom is 0.255 e. The van der Waals surface area contributed by atoms with Gasteiger partial charge in [0, 0.05) is 6.42 Å². The Morgan fingerprint density at radius 1 is 1.33 bits per heavy atom. The Labute approximate surface area is 76.4 Å². The molecule has 0 radical (unpaired) electrons. The van der Waals surface area contributed by atoms with Gasteiger partial charge in [0.05, 0.1) is 4.86 Å². The smallest absolute Gasteiger partial charge is 0.255 e. The Hall–Kier alpha value is -1.22. The Morgan fingerprint density at radius 3 is 2.42 bits per heavy atom. The van der Waals surface area contributed by atoms with Gasteiger partial charge in [-0.2, -0.15) is 0 Å². The van der Waals surface area contributed by atoms with E-state index in [0.717, 1.165) is 5.56 Å². The van der Waals surface area contributed by atoms with Gasteiger partial charge in [0.1, 0.15) is 0 Å². The van der Waals surface area contributed by atoms with Crippen LogP contribution in [0.4, 0.5) is 0 Å². The Kier molecular flexibility index (Phi) is 2.94. The van der Waals surface area contributed by atoms with Crippen LogP contribution >= 0.6 is 12.2 Å². The molecule has 0 saturated carbocycles. The van der Waals surface area contributed by atoms with Crippen molar-refractivity contribution in [2.75, 3.05) is 0 Å². The number of carbonyl (C=O) groups excluding carboxylic acids is 1. The van der Waals surface area contributed by atoms with Crippen LogP contribution in [-0.2, 0) is 11.2 Å². The lowest BCUT2D eigenvalue weighted by Gasteiger charge is -1.98. The lowest BCUT2D eigenvalue weighted by Crippen LogP contribution is -2.22. The van der Waals surface area contributed by atoms with Crippen molar-refractivity contribution in [3.8, 4) is 0 Å². The predicted molar refractivity (Wildman–Crippen MR) is 51.9 cm³/mol. The third kappa shape index (κ3) is 2.43. The molecule has 0 spiro atoms. The number of primary amides is 1. The summed E-state index contributed by atoms with van der Waals surface area (Å²) >= 11 is 4.79. The summed E-state index contributed by atoms with van der Waals surface area (Å²) in [5.41, 5.74) is 6.02. The van der Waals surface area contributed by atoms with Crippen molar-refractivity contribution in [1.82, 2.24) is 0 Å². The van der Waals surface area contributed by atoms with E-state index in [1.807, 2.05) is 30.3 Å². The summed E-state index contributed by atoms with van der Waals surface area (Å²) in [6, 6.07) is 9.54. The highest BCUT2D eigenvalue weighted by Gasteiger charge is 2.03. The molecule has 0 bridgehead atoms. The summed E-state index contributed by atoms with van der Waals surface area (Å²) in [6.45, 7) is 0. The molecule has 0 heterocycles. The maximum atomic E-state index is 10.6. The fourth-order valence-corrected chi connectivity index (χ4v) is 1.04. The fourth-order valence-electron chi connectivity index (χ4n) is 0.868. The summed E-state index contributed by atoms with van der Waals surface area (Å²) in [4.78, 5) is 10.9. The molecule has 2 N–H and O–H groups in total. The van der Waals surface area contributed by atoms with E-state index in [1.165, 1.54) is 0 Å². The zero-order valence-corrected chi connectivity index (χ0v) is 7.30. The zero-order chi connectivity index (χ0) is 8.97. The molecule has 0 aliphatic heterocycles. The molecule has 2 nitrogen and oxygen atoms in total. The van der Waals surface area contributed by atoms with Crippen LogP contribution in [0.15, 0.2) is 30.3 Å². The summed E-state index contributed by atoms with van der Waals surface area (Å²) < 4.78 is 0. The monoisotopic (exact) mass is 179 g/mol. The SMILES string of the molecule is NC(=O)C(=S)Cc1ccccc1. The second-order valence-corrected chi connectivity index (χ2v) is 2.94. The third-order valence-corrected chi connectivity index (χ3v) is 1.83. The molecule has 0 unspecified atom stereocenters. The first-order valence-corrected chi connectivity index (χ1v) is 3.97. The summed E-state index contributed by atoms with van der Waals surface area (Å²) in [5, 5.41) is 0. The molecular formula is C9H9NOS. The Balaban J connectivity index is 2.65. The third-order valence-electron chi connectivity index (χ3n) is 1.48. The van der Waals surface area contributed by atoms with E-state index in [2.05, 4.69) is 0 Å². The average Bonchev–Trinajstić information content (AvgIpc) is 2.06. The van der Waals surface area contributed by atoms with Gasteiger partial charge in [0.15, 0.2) is 0 Å². The molecule has 0 fully saturated rings. The van der Waals surface area contributed by atoms with Crippen molar-refractivity contribution < 1.29 is 4.79 Å². The van der Waals surface area contributed by atoms with E-state index in [4.69, 9.17) is 18.0 Å². The Morgan fingerprint density at radius 2 is 1.92 bits per heavy atom. The van der Waals surface area contributed by atoms with E-state index in [9.17, 15) is 4.79 Å². The van der Waals surface area contributed by atoms with Crippen molar-refractivity contribution in [1.29, 1.82) is 0 Å². The summed E-state index contributed by atoms with van der Waals surface area (Å²) in [6.07, 6.45) is 0.464. The topological polar surface area (TPSA) is 43.1 Å². The van der Waals surface area contributed by atoms with E-state index in [1.54, 1.807) is 0 Å². The van der Waals surface area contributed by atoms with E-state index < -0.39 is 5.91 Å². The minimum Gasteiger partial charge on any atom is -0.365 e. The summed E-state index contributed by atoms with van der Waals surface area (Å²) in [5.74, 6) is -0.506. The molecule has 0 aliphatic carbocycles. The minimum absolute atomic E-state index is 0.279. The molecule has 1 aromatic rings. The lowest BCUT2D eigenvalue weighted by molar-refractivity contribution is -0.111. The largest absolute Gasteiger partial charge is 0.365 e. The molecular weight excluding hydrogens is 170 g/mol. The lowest BCUT2D eigenvalue weighted by atomic mass is 10.1. The fraction of sp³-hybridized carbons (Fsp3) is 0.111. The van der Waals surface area contributed by atoms with Gasteiger partial charge in [-0.25, -0.2) is 0 Å². The Bertz CT molecular complexity index is 295. The van der Waals surface area contributed by atoms with Crippen molar-refractivity contribution in [2.24, 2.45) is 5.73 Å². The zero-order valence-electron chi connectivity index (χ0n) is 6.49. The van der Waals surface area contributed by atoms with E-state index >= 15 is 0 Å². The number of amides is 1. The van der Waals surface area contributed by atoms with Crippen molar-refractivity contribution >= 4 is 23.0 Å². The van der Waals surface area contributed by atoms with E-state index in [0.29, 0.717) is 6.42 Å². The number of hydrogen-bond donors (Lipinski definition) is 1. The van der Waals surface area contributed by atoms with Crippen molar-refractivity contribution in [3.63, 3.8) is 0 Å². The van der Waals surface area contributed by atoms with Gasteiger partial charge in [0.25, 0.3) is 5.91 Å². The molecule has 0 aromatic heterocycles. The van der Waals surface area contributed by atoms with Crippen LogP contribution in [0.3, 0.4) is 0 Å². The van der Waals surface area contributed by atoms with Crippen LogP contribution in [0.5, 0.6) is 0 Å². The van der Waals surface area contributed by atoms with E-state index in [-0.39, 0.29) is 4.86 Å². The first kappa shape index (κ1) is 8.87. The second kappa shape index (κ2) is 3.97. The highest BCUT2D eigenvalue weighted by atomic mass is 32.1. The average molecular weight is 179 g/mol. The molecule has 3 heteroatoms. The minimum atomic E-state index is -0.506. The predicted octanol–water partition coefficient (Wildman–Crippen LogP) is 1.08. The number of benzene rings is 1. The van der Waals surface area contributed by atoms with Crippen LogP contribution < -0.4 is 5.73 Å². The molecule has 1 aromatic carbocycles. The normalized spacial score (nSPS) is 9.33. The van der Waals surface area contributed by atoms with Gasteiger partial charge in [0.2, 0.25) is 0 Å². The second-order valence-electron chi connectivity index (χ2n) is 2.45. The number of carbonyl (C=O) groups is 1. The van der Waals surface area contributed by atoms with Gasteiger partial charge < -0.3 is 5.73 Å². The number of nitrogens with two attached hydrogens (primary N) is 1. The molecule has 62 valence electrons. The number of rotatable bonds is 3. The van der Waals surface area contributed by atoms with Crippen molar-refractivity contribution in [2.45, 2.75) is 6.42 Å². The van der Waals surface area contributed by atoms with Gasteiger partial charge in [-0.3, -0.25) is 4.79 Å². The first-order valence-electron chi connectivity index (χ1n) is 3.56. The molecule has 1 rings (SSSR count). The highest BCUT2D eigenvalue weighted by molar-refractivity contribution is 7.82. The summed E-state index contributed by atoms with van der Waals surface area (Å²) in [7, 11) is 0. The van der Waals surface area contributed by atoms with Crippen LogP contribution in [0.1, 0.15) is 5.56 Å². The van der Waals surface area contributed by atoms with Crippen LogP contribution in [0.2, 0.25) is 0 Å². The van der Waals surface area contributed by atoms with Crippen LogP contribution in [-0.4, -0.2) is 10.8 Å². The molecule has 0 saturated heterocycles. The maximum absolute atomic E-state index is 10.6. The molecule has 0 aliphatic rings. The molecule has 12 heavy (non-hydrogen) atoms. The molecule has 1 amide bonds. The van der Waals surface area contributed by atoms with Gasteiger partial charge in [-0.15, -0.1) is 0 Å². The highest BCUT2D eigenvalue weighted by Crippen LogP contribution is 2.00. The quantitative estimate of drug-likeness (QED) is 0.706. The van der Waals surface area contributed by atoms with Gasteiger partial charge in [-0.05, 0) is 5.56 Å². The number of thiocarbonyl (C=S) groups is 1. The van der Waals surface area contributed by atoms with Crippen molar-refractivity contribution in [3.05, 3.63) is 35.9 Å². The molecule has 0 atom stereocenters. The van der Waals surface area contributed by atoms with Crippen LogP contribution in [0, 0.1) is 0 Å². The standard InChI is InChI=1S/C9H9NOS/c10-9(11)8(12)6-7-4-2-1-3-5-7/h1-5H,6H2,(H2,10,11). The first-order chi connectivity index (χ1) is 5.70. The number of hydrogen-bond acceptors (Lipinski definition) is 2. The van der Waals surface area contributed by atoms with Crippen LogP contribution in [0.25, 0.3) is 0 Å². The van der Waals surface area contributed by atoms with Gasteiger partial charge in [-0.1, -0.05) is 42.5 Å². The van der Waals surface area contributed by atoms with Gasteiger partial charge >= 0.3 is 0 Å².